The van der Waals surface area contributed by atoms with E-state index in [1.165, 1.54) is 23.1 Å². The topological polar surface area (TPSA) is 46.9 Å². The third-order valence-corrected chi connectivity index (χ3v) is 6.38. The van der Waals surface area contributed by atoms with E-state index >= 15 is 0 Å². The van der Waals surface area contributed by atoms with Crippen LogP contribution in [0.2, 0.25) is 10.0 Å². The van der Waals surface area contributed by atoms with E-state index in [-0.39, 0.29) is 11.2 Å². The molecule has 26 heavy (non-hydrogen) atoms. The first-order chi connectivity index (χ1) is 12.4. The van der Waals surface area contributed by atoms with Gasteiger partial charge in [-0.1, -0.05) is 58.4 Å². The summed E-state index contributed by atoms with van der Waals surface area (Å²) in [5, 5.41) is 8.12. The Bertz CT molecular complexity index is 985. The first-order valence-electron chi connectivity index (χ1n) is 7.52. The molecule has 0 fully saturated rings. The number of hydrogen-bond acceptors (Lipinski definition) is 5. The molecule has 0 saturated heterocycles. The van der Waals surface area contributed by atoms with Crippen LogP contribution in [0.1, 0.15) is 6.92 Å². The van der Waals surface area contributed by atoms with E-state index in [2.05, 4.69) is 10.4 Å². The van der Waals surface area contributed by atoms with Gasteiger partial charge in [0.15, 0.2) is 8.29 Å². The van der Waals surface area contributed by atoms with E-state index in [0.717, 1.165) is 5.69 Å². The van der Waals surface area contributed by atoms with Gasteiger partial charge in [0.25, 0.3) is 0 Å². The van der Waals surface area contributed by atoms with Crippen LogP contribution in [0.4, 0.5) is 5.69 Å². The molecule has 0 aliphatic rings. The molecule has 1 atom stereocenters. The highest BCUT2D eigenvalue weighted by molar-refractivity contribution is 8.02. The average molecular weight is 442 g/mol. The molecule has 1 unspecified atom stereocenters. The number of amides is 1. The Morgan fingerprint density at radius 1 is 1.23 bits per heavy atom. The molecular formula is C17H13Cl2N3OS3. The summed E-state index contributed by atoms with van der Waals surface area (Å²) in [6, 6.07) is 14.4. The van der Waals surface area contributed by atoms with E-state index in [4.69, 9.17) is 35.4 Å². The molecular weight excluding hydrogens is 429 g/mol. The highest BCUT2D eigenvalue weighted by Crippen LogP contribution is 2.29. The number of carbonyl (C=O) groups is 1. The number of benzene rings is 2. The maximum Gasteiger partial charge on any atom is 0.237 e. The van der Waals surface area contributed by atoms with E-state index < -0.39 is 0 Å². The average Bonchev–Trinajstić information content (AvgIpc) is 2.97. The minimum atomic E-state index is -0.356. The maximum absolute atomic E-state index is 12.4. The quantitative estimate of drug-likeness (QED) is 0.384. The van der Waals surface area contributed by atoms with Crippen LogP contribution in [0.25, 0.3) is 5.69 Å². The van der Waals surface area contributed by atoms with Crippen molar-refractivity contribution < 1.29 is 4.79 Å². The Hall–Kier alpha value is -1.38. The number of anilines is 1. The van der Waals surface area contributed by atoms with Crippen molar-refractivity contribution in [2.75, 3.05) is 5.32 Å². The van der Waals surface area contributed by atoms with Crippen LogP contribution in [0.5, 0.6) is 0 Å². The van der Waals surface area contributed by atoms with E-state index in [1.807, 2.05) is 31.2 Å². The second-order valence-corrected chi connectivity index (χ2v) is 9.31. The lowest BCUT2D eigenvalue weighted by molar-refractivity contribution is -0.115. The van der Waals surface area contributed by atoms with Crippen LogP contribution >= 0.6 is 58.5 Å². The number of nitrogens with zero attached hydrogens (tertiary/aromatic N) is 2. The number of aromatic nitrogens is 2. The van der Waals surface area contributed by atoms with E-state index in [0.29, 0.717) is 24.0 Å². The third-order valence-electron chi connectivity index (χ3n) is 3.38. The number of thioether (sulfide) groups is 1. The fourth-order valence-corrected chi connectivity index (χ4v) is 4.87. The van der Waals surface area contributed by atoms with Crippen LogP contribution in [-0.4, -0.2) is 20.9 Å². The molecule has 0 aliphatic heterocycles. The van der Waals surface area contributed by atoms with Crippen LogP contribution in [0, 0.1) is 3.95 Å². The van der Waals surface area contributed by atoms with Crippen molar-refractivity contribution in [1.29, 1.82) is 0 Å². The van der Waals surface area contributed by atoms with Crippen LogP contribution < -0.4 is 5.32 Å². The first kappa shape index (κ1) is 19.4. The van der Waals surface area contributed by atoms with Crippen LogP contribution in [0.3, 0.4) is 0 Å². The molecule has 0 spiro atoms. The lowest BCUT2D eigenvalue weighted by atomic mass is 10.3. The molecule has 2 aromatic carbocycles. The fraction of sp³-hybridized carbons (Fsp3) is 0.118. The number of nitrogens with one attached hydrogen (secondary N) is 1. The molecule has 1 heterocycles. The second-order valence-electron chi connectivity index (χ2n) is 5.25. The Labute approximate surface area is 174 Å². The largest absolute Gasteiger partial charge is 0.324 e. The van der Waals surface area contributed by atoms with Crippen molar-refractivity contribution in [3.63, 3.8) is 0 Å². The fourth-order valence-electron chi connectivity index (χ4n) is 2.06. The number of halogens is 2. The summed E-state index contributed by atoms with van der Waals surface area (Å²) < 4.78 is 2.98. The molecule has 1 aromatic heterocycles. The minimum absolute atomic E-state index is 0.151. The summed E-state index contributed by atoms with van der Waals surface area (Å²) in [7, 11) is 0. The summed E-state index contributed by atoms with van der Waals surface area (Å²) in [5.74, 6) is -0.151. The predicted molar refractivity (Wildman–Crippen MR) is 113 cm³/mol. The van der Waals surface area contributed by atoms with Gasteiger partial charge in [0.1, 0.15) is 0 Å². The summed E-state index contributed by atoms with van der Waals surface area (Å²) in [4.78, 5) is 12.4. The summed E-state index contributed by atoms with van der Waals surface area (Å²) in [5.41, 5.74) is 1.42. The standard InChI is InChI=1S/C17H13Cl2N3OS3/c1-10(15(23)20-14-5-3-2-4-13(14)19)25-16-21-22(17(24)26-16)12-8-6-11(18)7-9-12/h2-10H,1H3,(H,20,23). The maximum atomic E-state index is 12.4. The highest BCUT2D eigenvalue weighted by Gasteiger charge is 2.18. The van der Waals surface area contributed by atoms with Gasteiger partial charge in [-0.05, 0) is 55.5 Å². The van der Waals surface area contributed by atoms with Crippen molar-refractivity contribution in [2.45, 2.75) is 16.5 Å². The van der Waals surface area contributed by atoms with Gasteiger partial charge >= 0.3 is 0 Å². The van der Waals surface area contributed by atoms with Gasteiger partial charge in [-0.25, -0.2) is 4.68 Å². The van der Waals surface area contributed by atoms with Crippen LogP contribution in [0.15, 0.2) is 52.9 Å². The zero-order chi connectivity index (χ0) is 18.7. The van der Waals surface area contributed by atoms with Gasteiger partial charge in [-0.2, -0.15) is 0 Å². The molecule has 0 aliphatic carbocycles. The molecule has 0 radical (unpaired) electrons. The van der Waals surface area contributed by atoms with Crippen molar-refractivity contribution >= 4 is 70.1 Å². The number of para-hydroxylation sites is 1. The van der Waals surface area contributed by atoms with Crippen molar-refractivity contribution in [3.05, 3.63) is 62.5 Å². The first-order valence-corrected chi connectivity index (χ1v) is 10.4. The Morgan fingerprint density at radius 3 is 2.62 bits per heavy atom. The second kappa shape index (κ2) is 8.54. The lowest BCUT2D eigenvalue weighted by Crippen LogP contribution is -2.22. The monoisotopic (exact) mass is 441 g/mol. The Balaban J connectivity index is 1.71. The molecule has 4 nitrogen and oxygen atoms in total. The summed E-state index contributed by atoms with van der Waals surface area (Å²) in [6.07, 6.45) is 0. The Morgan fingerprint density at radius 2 is 1.92 bits per heavy atom. The SMILES string of the molecule is CC(Sc1nn(-c2ccc(Cl)cc2)c(=S)s1)C(=O)Nc1ccccc1Cl. The van der Waals surface area contributed by atoms with Gasteiger partial charge in [0.2, 0.25) is 5.91 Å². The molecule has 0 bridgehead atoms. The van der Waals surface area contributed by atoms with Crippen molar-refractivity contribution in [2.24, 2.45) is 0 Å². The van der Waals surface area contributed by atoms with E-state index in [9.17, 15) is 4.79 Å². The minimum Gasteiger partial charge on any atom is -0.324 e. The normalized spacial score (nSPS) is 12.0. The molecule has 3 aromatic rings. The van der Waals surface area contributed by atoms with Gasteiger partial charge in [-0.15, -0.1) is 5.10 Å². The molecule has 1 amide bonds. The molecule has 9 heteroatoms. The van der Waals surface area contributed by atoms with Gasteiger partial charge in [-0.3, -0.25) is 4.79 Å². The smallest absolute Gasteiger partial charge is 0.237 e. The molecule has 134 valence electrons. The molecule has 1 N–H and O–H groups in total. The number of hydrogen-bond donors (Lipinski definition) is 1. The number of rotatable bonds is 5. The van der Waals surface area contributed by atoms with E-state index in [1.54, 1.807) is 28.9 Å². The van der Waals surface area contributed by atoms with Crippen LogP contribution in [-0.2, 0) is 4.79 Å². The lowest BCUT2D eigenvalue weighted by Gasteiger charge is -2.11. The third kappa shape index (κ3) is 4.66. The van der Waals surface area contributed by atoms with Gasteiger partial charge < -0.3 is 5.32 Å². The summed E-state index contributed by atoms with van der Waals surface area (Å²) in [6.45, 7) is 1.81. The van der Waals surface area contributed by atoms with Gasteiger partial charge in [0.05, 0.1) is 21.6 Å². The zero-order valence-corrected chi connectivity index (χ0v) is 17.4. The molecule has 0 saturated carbocycles. The van der Waals surface area contributed by atoms with Crippen molar-refractivity contribution in [1.82, 2.24) is 9.78 Å². The predicted octanol–water partition coefficient (Wildman–Crippen LogP) is 6.09. The number of carbonyl (C=O) groups excluding carboxylic acids is 1. The summed E-state index contributed by atoms with van der Waals surface area (Å²) >= 11 is 20.1. The zero-order valence-electron chi connectivity index (χ0n) is 13.5. The van der Waals surface area contributed by atoms with Gasteiger partial charge in [0, 0.05) is 5.02 Å². The highest BCUT2D eigenvalue weighted by atomic mass is 35.5. The Kier molecular flexibility index (Phi) is 6.37. The molecule has 3 rings (SSSR count). The van der Waals surface area contributed by atoms with Crippen molar-refractivity contribution in [3.8, 4) is 5.69 Å².